The molecule has 2 nitrogen and oxygen atoms in total. The Bertz CT molecular complexity index is 271. The summed E-state index contributed by atoms with van der Waals surface area (Å²) in [5, 5.41) is 11.4. The monoisotopic (exact) mass is 224 g/mol. The minimum Gasteiger partial charge on any atom is -0.313 e. The maximum atomic E-state index is 3.57. The van der Waals surface area contributed by atoms with Crippen molar-refractivity contribution in [2.24, 2.45) is 5.92 Å². The summed E-state index contributed by atoms with van der Waals surface area (Å²) in [6, 6.07) is 2.86. The van der Waals surface area contributed by atoms with E-state index < -0.39 is 0 Å². The third-order valence-corrected chi connectivity index (χ3v) is 3.79. The largest absolute Gasteiger partial charge is 0.313 e. The van der Waals surface area contributed by atoms with Gasteiger partial charge in [0.15, 0.2) is 0 Å². The van der Waals surface area contributed by atoms with E-state index in [1.165, 1.54) is 24.9 Å². The summed E-state index contributed by atoms with van der Waals surface area (Å²) in [6.45, 7) is 5.65. The van der Waals surface area contributed by atoms with Crippen molar-refractivity contribution in [3.05, 3.63) is 22.4 Å². The van der Waals surface area contributed by atoms with E-state index >= 15 is 0 Å². The molecule has 0 aliphatic carbocycles. The summed E-state index contributed by atoms with van der Waals surface area (Å²) >= 11 is 1.77. The Balaban J connectivity index is 1.65. The molecule has 2 N–H and O–H groups in total. The molecule has 1 aliphatic heterocycles. The van der Waals surface area contributed by atoms with Gasteiger partial charge >= 0.3 is 0 Å². The van der Waals surface area contributed by atoms with Crippen LogP contribution in [-0.2, 0) is 6.54 Å². The van der Waals surface area contributed by atoms with Crippen molar-refractivity contribution >= 4 is 11.3 Å². The Morgan fingerprint density at radius 1 is 1.60 bits per heavy atom. The Hall–Kier alpha value is -0.380. The van der Waals surface area contributed by atoms with Gasteiger partial charge in [-0.2, -0.15) is 11.3 Å². The van der Waals surface area contributed by atoms with E-state index in [0.29, 0.717) is 6.04 Å². The minimum absolute atomic E-state index is 0.674. The molecule has 84 valence electrons. The van der Waals surface area contributed by atoms with Crippen LogP contribution in [0, 0.1) is 5.92 Å². The fraction of sp³-hybridized carbons (Fsp3) is 0.667. The molecule has 0 spiro atoms. The molecule has 2 heterocycles. The topological polar surface area (TPSA) is 24.1 Å². The predicted molar refractivity (Wildman–Crippen MR) is 66.2 cm³/mol. The van der Waals surface area contributed by atoms with Crippen LogP contribution in [0.25, 0.3) is 0 Å². The lowest BCUT2D eigenvalue weighted by Crippen LogP contribution is -2.43. The summed E-state index contributed by atoms with van der Waals surface area (Å²) < 4.78 is 0. The Morgan fingerprint density at radius 2 is 2.53 bits per heavy atom. The summed E-state index contributed by atoms with van der Waals surface area (Å²) in [7, 11) is 0. The molecule has 1 saturated heterocycles. The molecule has 1 aromatic rings. The van der Waals surface area contributed by atoms with E-state index in [-0.39, 0.29) is 0 Å². The number of hydrogen-bond donors (Lipinski definition) is 2. The first kappa shape index (κ1) is 11.1. The minimum atomic E-state index is 0.674. The summed E-state index contributed by atoms with van der Waals surface area (Å²) in [4.78, 5) is 0. The van der Waals surface area contributed by atoms with Crippen LogP contribution in [-0.4, -0.2) is 19.1 Å². The summed E-state index contributed by atoms with van der Waals surface area (Å²) in [6.07, 6.45) is 2.65. The highest BCUT2D eigenvalue weighted by Gasteiger charge is 2.17. The van der Waals surface area contributed by atoms with Crippen LogP contribution in [0.5, 0.6) is 0 Å². The molecule has 0 amide bonds. The maximum absolute atomic E-state index is 3.57. The maximum Gasteiger partial charge on any atom is 0.0214 e. The van der Waals surface area contributed by atoms with Gasteiger partial charge in [-0.3, -0.25) is 0 Å². The normalized spacial score (nSPS) is 26.7. The molecule has 1 aliphatic rings. The van der Waals surface area contributed by atoms with E-state index in [9.17, 15) is 0 Å². The zero-order valence-electron chi connectivity index (χ0n) is 9.33. The van der Waals surface area contributed by atoms with Crippen LogP contribution in [0.1, 0.15) is 25.3 Å². The lowest BCUT2D eigenvalue weighted by atomic mass is 9.94. The number of thiophene rings is 1. The van der Waals surface area contributed by atoms with Crippen LogP contribution < -0.4 is 10.6 Å². The molecule has 1 fully saturated rings. The first-order valence-electron chi connectivity index (χ1n) is 5.80. The van der Waals surface area contributed by atoms with Gasteiger partial charge in [-0.05, 0) is 47.7 Å². The zero-order valence-corrected chi connectivity index (χ0v) is 10.1. The molecule has 0 bridgehead atoms. The predicted octanol–water partition coefficient (Wildman–Crippen LogP) is 2.23. The fourth-order valence-electron chi connectivity index (χ4n) is 2.16. The summed E-state index contributed by atoms with van der Waals surface area (Å²) in [5.41, 5.74) is 1.41. The van der Waals surface area contributed by atoms with Crippen molar-refractivity contribution < 1.29 is 0 Å². The van der Waals surface area contributed by atoms with Crippen LogP contribution >= 0.6 is 11.3 Å². The van der Waals surface area contributed by atoms with Gasteiger partial charge in [0.1, 0.15) is 0 Å². The molecular formula is C12H20N2S. The van der Waals surface area contributed by atoms with Gasteiger partial charge in [-0.25, -0.2) is 0 Å². The van der Waals surface area contributed by atoms with Crippen LogP contribution in [0.2, 0.25) is 0 Å². The fourth-order valence-corrected chi connectivity index (χ4v) is 2.83. The average Bonchev–Trinajstić information content (AvgIpc) is 2.71. The molecule has 2 rings (SSSR count). The second-order valence-electron chi connectivity index (χ2n) is 4.54. The smallest absolute Gasteiger partial charge is 0.0214 e. The van der Waals surface area contributed by atoms with Gasteiger partial charge in [0, 0.05) is 19.1 Å². The molecule has 2 atom stereocenters. The second kappa shape index (κ2) is 5.64. The molecule has 2 unspecified atom stereocenters. The highest BCUT2D eigenvalue weighted by molar-refractivity contribution is 7.07. The van der Waals surface area contributed by atoms with E-state index in [2.05, 4.69) is 34.4 Å². The third-order valence-electron chi connectivity index (χ3n) is 3.06. The van der Waals surface area contributed by atoms with Crippen molar-refractivity contribution in [1.29, 1.82) is 0 Å². The van der Waals surface area contributed by atoms with Crippen LogP contribution in [0.15, 0.2) is 16.8 Å². The van der Waals surface area contributed by atoms with Gasteiger partial charge < -0.3 is 10.6 Å². The highest BCUT2D eigenvalue weighted by atomic mass is 32.1. The van der Waals surface area contributed by atoms with Gasteiger partial charge in [0.05, 0.1) is 0 Å². The van der Waals surface area contributed by atoms with Crippen molar-refractivity contribution in [2.75, 3.05) is 13.1 Å². The molecule has 15 heavy (non-hydrogen) atoms. The SMILES string of the molecule is CC1CCNC(CNCc2ccsc2)C1. The van der Waals surface area contributed by atoms with Crippen molar-refractivity contribution in [2.45, 2.75) is 32.4 Å². The van der Waals surface area contributed by atoms with E-state index in [1.54, 1.807) is 11.3 Å². The van der Waals surface area contributed by atoms with Gasteiger partial charge in [-0.15, -0.1) is 0 Å². The van der Waals surface area contributed by atoms with Crippen molar-refractivity contribution in [3.63, 3.8) is 0 Å². The van der Waals surface area contributed by atoms with Crippen molar-refractivity contribution in [1.82, 2.24) is 10.6 Å². The number of rotatable bonds is 4. The zero-order chi connectivity index (χ0) is 10.5. The summed E-state index contributed by atoms with van der Waals surface area (Å²) in [5.74, 6) is 0.888. The molecule has 0 saturated carbocycles. The van der Waals surface area contributed by atoms with Gasteiger partial charge in [0.2, 0.25) is 0 Å². The van der Waals surface area contributed by atoms with E-state index in [0.717, 1.165) is 19.0 Å². The Kier molecular flexibility index (Phi) is 4.18. The second-order valence-corrected chi connectivity index (χ2v) is 5.32. The standard InChI is InChI=1S/C12H20N2S/c1-10-2-4-14-12(6-10)8-13-7-11-3-5-15-9-11/h3,5,9-10,12-14H,2,4,6-8H2,1H3. The average molecular weight is 224 g/mol. The number of hydrogen-bond acceptors (Lipinski definition) is 3. The lowest BCUT2D eigenvalue weighted by Gasteiger charge is -2.28. The van der Waals surface area contributed by atoms with Crippen LogP contribution in [0.3, 0.4) is 0 Å². The Morgan fingerprint density at radius 3 is 3.27 bits per heavy atom. The van der Waals surface area contributed by atoms with Gasteiger partial charge in [0.25, 0.3) is 0 Å². The van der Waals surface area contributed by atoms with E-state index in [1.807, 2.05) is 0 Å². The van der Waals surface area contributed by atoms with Crippen molar-refractivity contribution in [3.8, 4) is 0 Å². The van der Waals surface area contributed by atoms with Crippen LogP contribution in [0.4, 0.5) is 0 Å². The number of nitrogens with one attached hydrogen (secondary N) is 2. The first-order chi connectivity index (χ1) is 7.34. The third kappa shape index (κ3) is 3.59. The quantitative estimate of drug-likeness (QED) is 0.819. The molecule has 0 radical (unpaired) electrons. The molecule has 1 aromatic heterocycles. The van der Waals surface area contributed by atoms with E-state index in [4.69, 9.17) is 0 Å². The van der Waals surface area contributed by atoms with Gasteiger partial charge in [-0.1, -0.05) is 6.92 Å². The molecule has 3 heteroatoms. The first-order valence-corrected chi connectivity index (χ1v) is 6.74. The Labute approximate surface area is 96.1 Å². The molecule has 0 aromatic carbocycles. The highest BCUT2D eigenvalue weighted by Crippen LogP contribution is 2.14. The molecular weight excluding hydrogens is 204 g/mol. The number of piperidine rings is 1. The lowest BCUT2D eigenvalue weighted by molar-refractivity contribution is 0.311.